The summed E-state index contributed by atoms with van der Waals surface area (Å²) in [4.78, 5) is 53.1. The summed E-state index contributed by atoms with van der Waals surface area (Å²) in [6, 6.07) is 0. The lowest BCUT2D eigenvalue weighted by Crippen LogP contribution is -2.34. The maximum atomic E-state index is 12.7. The first-order valence-corrected chi connectivity index (χ1v) is 12.2. The number of carbonyl (C=O) groups excluding carboxylic acids is 4. The number of nitrogens with zero attached hydrogens (tertiary/aromatic N) is 1. The maximum Gasteiger partial charge on any atom is 0.341 e. The third-order valence-electron chi connectivity index (χ3n) is 6.47. The number of hydrogen-bond donors (Lipinski definition) is 1. The molecule has 7 nitrogen and oxygen atoms in total. The summed E-state index contributed by atoms with van der Waals surface area (Å²) in [5.74, 6) is -1.37. The van der Waals surface area contributed by atoms with E-state index in [1.807, 2.05) is 0 Å². The molecule has 1 aromatic rings. The Labute approximate surface area is 186 Å². The van der Waals surface area contributed by atoms with Crippen LogP contribution in [0.5, 0.6) is 0 Å². The largest absolute Gasteiger partial charge is 0.459 e. The summed E-state index contributed by atoms with van der Waals surface area (Å²) >= 11 is 1.44. The molecule has 1 aromatic heterocycles. The van der Waals surface area contributed by atoms with Crippen LogP contribution in [0.25, 0.3) is 0 Å². The monoisotopic (exact) mass is 446 g/mol. The van der Waals surface area contributed by atoms with Crippen LogP contribution in [0.15, 0.2) is 0 Å². The Morgan fingerprint density at radius 2 is 1.71 bits per heavy atom. The zero-order valence-electron chi connectivity index (χ0n) is 18.2. The van der Waals surface area contributed by atoms with Crippen molar-refractivity contribution < 1.29 is 23.9 Å². The van der Waals surface area contributed by atoms with Crippen LogP contribution in [-0.4, -0.2) is 41.2 Å². The number of anilines is 1. The van der Waals surface area contributed by atoms with Crippen LogP contribution in [0.2, 0.25) is 0 Å². The van der Waals surface area contributed by atoms with Crippen molar-refractivity contribution in [3.8, 4) is 0 Å². The first kappa shape index (κ1) is 22.0. The van der Waals surface area contributed by atoms with E-state index in [1.54, 1.807) is 13.8 Å². The Hall–Kier alpha value is -2.22. The molecule has 8 heteroatoms. The molecule has 31 heavy (non-hydrogen) atoms. The van der Waals surface area contributed by atoms with Gasteiger partial charge in [-0.25, -0.2) is 4.79 Å². The molecule has 3 aliphatic rings. The molecule has 0 bridgehead atoms. The summed E-state index contributed by atoms with van der Waals surface area (Å²) in [6.07, 6.45) is 7.06. The molecule has 0 aromatic carbocycles. The molecule has 0 spiro atoms. The standard InChI is InChI=1S/C23H30N2O5S/c1-13(2)30-23(29)19-16-9-5-6-10-17(16)31-20(19)24-18(26)11-12-25-21(27)14-7-3-4-8-15(14)22(25)28/h13-15H,3-12H2,1-2H3,(H,24,26)/t14-,15-/m1/s1. The van der Waals surface area contributed by atoms with Crippen molar-refractivity contribution in [2.75, 3.05) is 11.9 Å². The van der Waals surface area contributed by atoms with Crippen molar-refractivity contribution in [3.63, 3.8) is 0 Å². The number of imide groups is 1. The minimum Gasteiger partial charge on any atom is -0.459 e. The van der Waals surface area contributed by atoms with Gasteiger partial charge in [0.05, 0.1) is 23.5 Å². The van der Waals surface area contributed by atoms with Crippen molar-refractivity contribution in [2.24, 2.45) is 11.8 Å². The van der Waals surface area contributed by atoms with Crippen molar-refractivity contribution >= 4 is 40.0 Å². The van der Waals surface area contributed by atoms with E-state index in [4.69, 9.17) is 4.74 Å². The van der Waals surface area contributed by atoms with Crippen LogP contribution >= 0.6 is 11.3 Å². The summed E-state index contributed by atoms with van der Waals surface area (Å²) in [5, 5.41) is 3.39. The molecule has 3 amide bonds. The van der Waals surface area contributed by atoms with E-state index in [0.717, 1.165) is 61.8 Å². The molecule has 1 saturated carbocycles. The highest BCUT2D eigenvalue weighted by Gasteiger charge is 2.47. The number of hydrogen-bond acceptors (Lipinski definition) is 6. The maximum absolute atomic E-state index is 12.7. The number of esters is 1. The fraction of sp³-hybridized carbons (Fsp3) is 0.652. The minimum absolute atomic E-state index is 0.0259. The topological polar surface area (TPSA) is 92.8 Å². The van der Waals surface area contributed by atoms with Gasteiger partial charge in [-0.1, -0.05) is 12.8 Å². The fourth-order valence-corrected chi connectivity index (χ4v) is 6.29. The molecular formula is C23H30N2O5S. The number of rotatable bonds is 6. The van der Waals surface area contributed by atoms with Gasteiger partial charge in [0.15, 0.2) is 0 Å². The smallest absolute Gasteiger partial charge is 0.341 e. The lowest BCUT2D eigenvalue weighted by molar-refractivity contribution is -0.140. The quantitative estimate of drug-likeness (QED) is 0.531. The van der Waals surface area contributed by atoms with Gasteiger partial charge in [0.1, 0.15) is 5.00 Å². The highest BCUT2D eigenvalue weighted by Crippen LogP contribution is 2.40. The summed E-state index contributed by atoms with van der Waals surface area (Å²) in [5.41, 5.74) is 1.47. The van der Waals surface area contributed by atoms with E-state index in [2.05, 4.69) is 5.32 Å². The predicted octanol–water partition coefficient (Wildman–Crippen LogP) is 3.70. The number of fused-ring (bicyclic) bond motifs is 2. The van der Waals surface area contributed by atoms with Crippen molar-refractivity contribution in [1.82, 2.24) is 4.90 Å². The molecule has 2 atom stereocenters. The molecule has 2 fully saturated rings. The normalized spacial score (nSPS) is 23.0. The van der Waals surface area contributed by atoms with E-state index in [9.17, 15) is 19.2 Å². The van der Waals surface area contributed by atoms with Gasteiger partial charge in [0.25, 0.3) is 0 Å². The fourth-order valence-electron chi connectivity index (χ4n) is 5.00. The number of thiophene rings is 1. The lowest BCUT2D eigenvalue weighted by atomic mass is 9.81. The first-order chi connectivity index (χ1) is 14.9. The van der Waals surface area contributed by atoms with Crippen LogP contribution in [0.3, 0.4) is 0 Å². The summed E-state index contributed by atoms with van der Waals surface area (Å²) in [7, 11) is 0. The van der Waals surface area contributed by atoms with E-state index < -0.39 is 5.97 Å². The van der Waals surface area contributed by atoms with Gasteiger partial charge in [-0.15, -0.1) is 11.3 Å². The van der Waals surface area contributed by atoms with Crippen LogP contribution in [-0.2, 0) is 32.0 Å². The zero-order chi connectivity index (χ0) is 22.1. The van der Waals surface area contributed by atoms with Crippen molar-refractivity contribution in [3.05, 3.63) is 16.0 Å². The van der Waals surface area contributed by atoms with Crippen LogP contribution in [0.1, 0.15) is 79.6 Å². The SMILES string of the molecule is CC(C)OC(=O)c1c(NC(=O)CCN2C(=O)[C@@H]3CCCC[C@H]3C2=O)sc2c1CCCC2. The second-order valence-electron chi connectivity index (χ2n) is 8.99. The third kappa shape index (κ3) is 4.40. The van der Waals surface area contributed by atoms with Gasteiger partial charge in [-0.3, -0.25) is 19.3 Å². The molecule has 0 radical (unpaired) electrons. The Morgan fingerprint density at radius 3 is 2.35 bits per heavy atom. The molecule has 1 saturated heterocycles. The van der Waals surface area contributed by atoms with Gasteiger partial charge in [-0.05, 0) is 57.9 Å². The molecule has 0 unspecified atom stereocenters. The Bertz CT molecular complexity index is 882. The van der Waals surface area contributed by atoms with E-state index >= 15 is 0 Å². The first-order valence-electron chi connectivity index (χ1n) is 11.4. The van der Waals surface area contributed by atoms with E-state index in [-0.39, 0.29) is 48.6 Å². The molecule has 168 valence electrons. The zero-order valence-corrected chi connectivity index (χ0v) is 19.0. The molecule has 2 heterocycles. The lowest BCUT2D eigenvalue weighted by Gasteiger charge is -2.19. The number of ether oxygens (including phenoxy) is 1. The van der Waals surface area contributed by atoms with Crippen LogP contribution in [0, 0.1) is 11.8 Å². The molecule has 1 aliphatic heterocycles. The average molecular weight is 447 g/mol. The van der Waals surface area contributed by atoms with Gasteiger partial charge >= 0.3 is 5.97 Å². The molecule has 1 N–H and O–H groups in total. The number of likely N-dealkylation sites (tertiary alicyclic amines) is 1. The highest BCUT2D eigenvalue weighted by atomic mass is 32.1. The number of carbonyl (C=O) groups is 4. The number of aryl methyl sites for hydroxylation is 1. The number of nitrogens with one attached hydrogen (secondary N) is 1. The predicted molar refractivity (Wildman–Crippen MR) is 117 cm³/mol. The summed E-state index contributed by atoms with van der Waals surface area (Å²) < 4.78 is 5.43. The Morgan fingerprint density at radius 1 is 1.06 bits per heavy atom. The highest BCUT2D eigenvalue weighted by molar-refractivity contribution is 7.17. The van der Waals surface area contributed by atoms with Crippen LogP contribution < -0.4 is 5.32 Å². The second kappa shape index (κ2) is 9.10. The Kier molecular flexibility index (Phi) is 6.46. The summed E-state index contributed by atoms with van der Waals surface area (Å²) in [6.45, 7) is 3.70. The van der Waals surface area contributed by atoms with Crippen molar-refractivity contribution in [2.45, 2.75) is 77.7 Å². The van der Waals surface area contributed by atoms with Gasteiger partial charge in [-0.2, -0.15) is 0 Å². The molecule has 2 aliphatic carbocycles. The van der Waals surface area contributed by atoms with Crippen LogP contribution in [0.4, 0.5) is 5.00 Å². The number of amides is 3. The molecular weight excluding hydrogens is 416 g/mol. The third-order valence-corrected chi connectivity index (χ3v) is 7.67. The van der Waals surface area contributed by atoms with E-state index in [0.29, 0.717) is 10.6 Å². The van der Waals surface area contributed by atoms with E-state index in [1.165, 1.54) is 16.2 Å². The molecule has 4 rings (SSSR count). The Balaban J connectivity index is 1.44. The van der Waals surface area contributed by atoms with Gasteiger partial charge in [0, 0.05) is 17.8 Å². The van der Waals surface area contributed by atoms with Gasteiger partial charge < -0.3 is 10.1 Å². The minimum atomic E-state index is -0.404. The second-order valence-corrected chi connectivity index (χ2v) is 10.1. The van der Waals surface area contributed by atoms with Gasteiger partial charge in [0.2, 0.25) is 17.7 Å². The van der Waals surface area contributed by atoms with Crippen molar-refractivity contribution in [1.29, 1.82) is 0 Å². The average Bonchev–Trinajstić information content (AvgIpc) is 3.21.